The number of nitrogens with one attached hydrogen (secondary N) is 1. The predicted molar refractivity (Wildman–Crippen MR) is 123 cm³/mol. The van der Waals surface area contributed by atoms with Crippen LogP contribution in [0, 0.1) is 0 Å². The first kappa shape index (κ1) is 19.9. The highest BCUT2D eigenvalue weighted by atomic mass is 32.1. The van der Waals surface area contributed by atoms with E-state index in [-0.39, 0.29) is 0 Å². The van der Waals surface area contributed by atoms with Gasteiger partial charge in [-0.15, -0.1) is 11.3 Å². The van der Waals surface area contributed by atoms with Crippen LogP contribution in [-0.4, -0.2) is 36.7 Å². The van der Waals surface area contributed by atoms with E-state index in [1.165, 1.54) is 6.33 Å². The molecular weight excluding hydrogens is 426 g/mol. The van der Waals surface area contributed by atoms with E-state index in [4.69, 9.17) is 10.5 Å². The monoisotopic (exact) mass is 445 g/mol. The number of anilines is 2. The van der Waals surface area contributed by atoms with E-state index >= 15 is 0 Å². The van der Waals surface area contributed by atoms with E-state index < -0.39 is 12.0 Å². The Morgan fingerprint density at radius 2 is 2.16 bits per heavy atom. The topological polar surface area (TPSA) is 121 Å². The molecule has 0 saturated heterocycles. The first-order valence-corrected chi connectivity index (χ1v) is 10.8. The first-order chi connectivity index (χ1) is 15.6. The summed E-state index contributed by atoms with van der Waals surface area (Å²) in [4.78, 5) is 24.5. The molecule has 1 amide bonds. The van der Waals surface area contributed by atoms with E-state index in [9.17, 15) is 4.79 Å². The predicted octanol–water partition coefficient (Wildman–Crippen LogP) is 3.48. The Kier molecular flexibility index (Phi) is 5.12. The summed E-state index contributed by atoms with van der Waals surface area (Å²) < 4.78 is 7.70. The zero-order valence-electron chi connectivity index (χ0n) is 17.1. The highest BCUT2D eigenvalue weighted by Crippen LogP contribution is 2.32. The van der Waals surface area contributed by atoms with Gasteiger partial charge in [0.1, 0.15) is 17.9 Å². The Balaban J connectivity index is 1.48. The van der Waals surface area contributed by atoms with Gasteiger partial charge in [0, 0.05) is 16.5 Å². The zero-order chi connectivity index (χ0) is 22.1. The molecule has 0 aliphatic carbocycles. The summed E-state index contributed by atoms with van der Waals surface area (Å²) in [5, 5.41) is 11.5. The molecule has 0 fully saturated rings. The number of carbonyl (C=O) groups is 1. The van der Waals surface area contributed by atoms with Crippen LogP contribution in [0.2, 0.25) is 0 Å². The van der Waals surface area contributed by atoms with Crippen LogP contribution < -0.4 is 15.8 Å². The lowest BCUT2D eigenvalue weighted by atomic mass is 10.2. The molecule has 3 N–H and O–H groups in total. The third-order valence-corrected chi connectivity index (χ3v) is 5.66. The van der Waals surface area contributed by atoms with Gasteiger partial charge < -0.3 is 15.8 Å². The lowest BCUT2D eigenvalue weighted by molar-refractivity contribution is -0.123. The van der Waals surface area contributed by atoms with Gasteiger partial charge in [0.2, 0.25) is 0 Å². The van der Waals surface area contributed by atoms with E-state index in [1.54, 1.807) is 24.3 Å². The molecule has 160 valence electrons. The molecule has 0 aliphatic rings. The summed E-state index contributed by atoms with van der Waals surface area (Å²) in [6.07, 6.45) is 2.53. The summed E-state index contributed by atoms with van der Waals surface area (Å²) in [5.74, 6) is 0.499. The van der Waals surface area contributed by atoms with E-state index in [1.807, 2.05) is 52.1 Å². The van der Waals surface area contributed by atoms with E-state index in [0.29, 0.717) is 29.0 Å². The molecule has 0 saturated carbocycles. The molecule has 3 heterocycles. The Bertz CT molecular complexity index is 1410. The molecule has 0 aliphatic heterocycles. The van der Waals surface area contributed by atoms with Crippen LogP contribution in [0.25, 0.3) is 21.8 Å². The maximum absolute atomic E-state index is 11.5. The van der Waals surface area contributed by atoms with Gasteiger partial charge in [-0.1, -0.05) is 6.07 Å². The van der Waals surface area contributed by atoms with Gasteiger partial charge in [-0.2, -0.15) is 5.10 Å². The van der Waals surface area contributed by atoms with Gasteiger partial charge in [-0.3, -0.25) is 9.48 Å². The normalized spacial score (nSPS) is 12.2. The van der Waals surface area contributed by atoms with E-state index in [0.717, 1.165) is 22.3 Å². The Labute approximate surface area is 186 Å². The summed E-state index contributed by atoms with van der Waals surface area (Å²) >= 11 is 1.57. The smallest absolute Gasteiger partial charge is 0.258 e. The second-order valence-electron chi connectivity index (χ2n) is 7.22. The molecule has 0 radical (unpaired) electrons. The number of amides is 1. The molecular formula is C22H19N7O2S. The third-order valence-electron chi connectivity index (χ3n) is 5.03. The maximum atomic E-state index is 11.5. The van der Waals surface area contributed by atoms with Gasteiger partial charge >= 0.3 is 0 Å². The summed E-state index contributed by atoms with van der Waals surface area (Å²) in [7, 11) is 0. The SMILES string of the molecule is C[C@@H](Oc1cccc2ncnc(Nc3ccc4c(cnn4Cc4cscn4)c3)c12)C(N)=O. The molecule has 0 bridgehead atoms. The van der Waals surface area contributed by atoms with Crippen LogP contribution in [0.1, 0.15) is 12.6 Å². The van der Waals surface area contributed by atoms with E-state index in [2.05, 4.69) is 25.4 Å². The quantitative estimate of drug-likeness (QED) is 0.393. The summed E-state index contributed by atoms with van der Waals surface area (Å²) in [6.45, 7) is 2.23. The average molecular weight is 446 g/mol. The second-order valence-corrected chi connectivity index (χ2v) is 7.93. The number of hydrogen-bond acceptors (Lipinski definition) is 8. The maximum Gasteiger partial charge on any atom is 0.258 e. The molecule has 0 unspecified atom stereocenters. The second kappa shape index (κ2) is 8.23. The van der Waals surface area contributed by atoms with Crippen LogP contribution in [-0.2, 0) is 11.3 Å². The molecule has 0 spiro atoms. The molecule has 9 nitrogen and oxygen atoms in total. The van der Waals surface area contributed by atoms with Crippen molar-refractivity contribution in [1.82, 2.24) is 24.7 Å². The Morgan fingerprint density at radius 3 is 2.97 bits per heavy atom. The molecule has 10 heteroatoms. The number of aromatic nitrogens is 5. The van der Waals surface area contributed by atoms with Crippen molar-refractivity contribution in [3.63, 3.8) is 0 Å². The van der Waals surface area contributed by atoms with Crippen molar-refractivity contribution < 1.29 is 9.53 Å². The number of benzene rings is 2. The third kappa shape index (κ3) is 3.83. The van der Waals surface area contributed by atoms with Gasteiger partial charge in [0.05, 0.1) is 40.4 Å². The standard InChI is InChI=1S/C22H19N7O2S/c1-13(21(23)30)31-19-4-2-3-17-20(19)22(25-11-24-17)28-15-5-6-18-14(7-15)8-27-29(18)9-16-10-32-12-26-16/h2-8,10-13H,9H2,1H3,(H2,23,30)(H,24,25,28)/t13-/m1/s1. The number of ether oxygens (including phenoxy) is 1. The van der Waals surface area contributed by atoms with Crippen LogP contribution in [0.4, 0.5) is 11.5 Å². The van der Waals surface area contributed by atoms with Crippen LogP contribution in [0.15, 0.2) is 59.8 Å². The van der Waals surface area contributed by atoms with Crippen LogP contribution in [0.3, 0.4) is 0 Å². The number of fused-ring (bicyclic) bond motifs is 2. The fourth-order valence-electron chi connectivity index (χ4n) is 3.42. The van der Waals surface area contributed by atoms with Crippen molar-refractivity contribution in [2.75, 3.05) is 5.32 Å². The summed E-state index contributed by atoms with van der Waals surface area (Å²) in [5.41, 5.74) is 10.7. The lowest BCUT2D eigenvalue weighted by Gasteiger charge is -2.15. The fraction of sp³-hybridized carbons (Fsp3) is 0.136. The summed E-state index contributed by atoms with van der Waals surface area (Å²) in [6, 6.07) is 11.4. The first-order valence-electron chi connectivity index (χ1n) is 9.88. The van der Waals surface area contributed by atoms with Crippen molar-refractivity contribution >= 4 is 50.6 Å². The van der Waals surface area contributed by atoms with Crippen LogP contribution in [0.5, 0.6) is 5.75 Å². The Hall–Kier alpha value is -4.05. The number of primary amides is 1. The molecule has 5 aromatic rings. The number of hydrogen-bond donors (Lipinski definition) is 2. The zero-order valence-corrected chi connectivity index (χ0v) is 17.9. The molecule has 3 aromatic heterocycles. The number of carbonyl (C=O) groups excluding carboxylic acids is 1. The fourth-order valence-corrected chi connectivity index (χ4v) is 3.97. The number of thiazole rings is 1. The highest BCUT2D eigenvalue weighted by molar-refractivity contribution is 7.07. The van der Waals surface area contributed by atoms with Crippen LogP contribution >= 0.6 is 11.3 Å². The minimum atomic E-state index is -0.784. The van der Waals surface area contributed by atoms with Crippen molar-refractivity contribution in [3.8, 4) is 5.75 Å². The Morgan fingerprint density at radius 1 is 1.25 bits per heavy atom. The molecule has 32 heavy (non-hydrogen) atoms. The minimum Gasteiger partial charge on any atom is -0.480 e. The number of nitrogens with two attached hydrogens (primary N) is 1. The van der Waals surface area contributed by atoms with Gasteiger partial charge in [-0.05, 0) is 37.3 Å². The van der Waals surface area contributed by atoms with Crippen molar-refractivity contribution in [2.45, 2.75) is 19.6 Å². The lowest BCUT2D eigenvalue weighted by Crippen LogP contribution is -2.30. The molecule has 2 aromatic carbocycles. The average Bonchev–Trinajstić information content (AvgIpc) is 3.44. The number of nitrogens with zero attached hydrogens (tertiary/aromatic N) is 5. The van der Waals surface area contributed by atoms with Crippen molar-refractivity contribution in [2.24, 2.45) is 5.73 Å². The minimum absolute atomic E-state index is 0.481. The van der Waals surface area contributed by atoms with Crippen molar-refractivity contribution in [3.05, 3.63) is 65.5 Å². The largest absolute Gasteiger partial charge is 0.480 e. The highest BCUT2D eigenvalue weighted by Gasteiger charge is 2.16. The number of rotatable bonds is 7. The van der Waals surface area contributed by atoms with Gasteiger partial charge in [0.25, 0.3) is 5.91 Å². The van der Waals surface area contributed by atoms with Gasteiger partial charge in [0.15, 0.2) is 6.10 Å². The van der Waals surface area contributed by atoms with Gasteiger partial charge in [-0.25, -0.2) is 15.0 Å². The molecule has 1 atom stereocenters. The van der Waals surface area contributed by atoms with Crippen molar-refractivity contribution in [1.29, 1.82) is 0 Å². The molecule has 5 rings (SSSR count).